The van der Waals surface area contributed by atoms with Crippen LogP contribution in [-0.4, -0.2) is 30.2 Å². The number of carbonyl (C=O) groups is 1. The van der Waals surface area contributed by atoms with Crippen molar-refractivity contribution in [2.24, 2.45) is 17.6 Å². The van der Waals surface area contributed by atoms with Gasteiger partial charge in [-0.05, 0) is 38.1 Å². The molecule has 0 heterocycles. The molecule has 0 aromatic heterocycles. The lowest BCUT2D eigenvalue weighted by Crippen LogP contribution is -2.38. The van der Waals surface area contributed by atoms with Crippen LogP contribution in [0.2, 0.25) is 0 Å². The largest absolute Gasteiger partial charge is 0.396 e. The summed E-state index contributed by atoms with van der Waals surface area (Å²) in [6, 6.07) is 0.191. The Morgan fingerprint density at radius 1 is 1.37 bits per heavy atom. The third-order valence-electron chi connectivity index (χ3n) is 4.29. The van der Waals surface area contributed by atoms with Gasteiger partial charge in [0, 0.05) is 25.0 Å². The standard InChI is InChI=1S/C15H30N2O2/c1-2-4-12(9-10-16)7-8-15(19)17-14-6-3-5-13(14)11-18/h12-14,18H,2-11,16H2,1H3,(H,17,19). The number of hydrogen-bond donors (Lipinski definition) is 3. The Labute approximate surface area is 117 Å². The molecular formula is C15H30N2O2. The van der Waals surface area contributed by atoms with Crippen LogP contribution in [0.1, 0.15) is 58.3 Å². The van der Waals surface area contributed by atoms with E-state index in [2.05, 4.69) is 12.2 Å². The summed E-state index contributed by atoms with van der Waals surface area (Å²) in [5.41, 5.74) is 5.61. The van der Waals surface area contributed by atoms with Crippen molar-refractivity contribution in [1.29, 1.82) is 0 Å². The van der Waals surface area contributed by atoms with E-state index in [9.17, 15) is 9.90 Å². The van der Waals surface area contributed by atoms with Gasteiger partial charge >= 0.3 is 0 Å². The molecule has 4 heteroatoms. The normalized spacial score (nSPS) is 24.4. The number of aliphatic hydroxyl groups excluding tert-OH is 1. The molecule has 1 saturated carbocycles. The van der Waals surface area contributed by atoms with E-state index >= 15 is 0 Å². The molecule has 1 rings (SSSR count). The van der Waals surface area contributed by atoms with Gasteiger partial charge in [0.2, 0.25) is 5.91 Å². The lowest BCUT2D eigenvalue weighted by molar-refractivity contribution is -0.122. The predicted molar refractivity (Wildman–Crippen MR) is 77.7 cm³/mol. The van der Waals surface area contributed by atoms with Crippen molar-refractivity contribution in [1.82, 2.24) is 5.32 Å². The molecule has 1 amide bonds. The van der Waals surface area contributed by atoms with Gasteiger partial charge in [-0.3, -0.25) is 4.79 Å². The van der Waals surface area contributed by atoms with Crippen molar-refractivity contribution in [3.63, 3.8) is 0 Å². The van der Waals surface area contributed by atoms with E-state index in [1.807, 2.05) is 0 Å². The molecule has 0 saturated heterocycles. The fourth-order valence-corrected chi connectivity index (χ4v) is 3.14. The minimum absolute atomic E-state index is 0.142. The van der Waals surface area contributed by atoms with Gasteiger partial charge in [0.15, 0.2) is 0 Å². The van der Waals surface area contributed by atoms with Crippen LogP contribution in [0.5, 0.6) is 0 Å². The zero-order valence-electron chi connectivity index (χ0n) is 12.2. The summed E-state index contributed by atoms with van der Waals surface area (Å²) >= 11 is 0. The fraction of sp³-hybridized carbons (Fsp3) is 0.933. The summed E-state index contributed by atoms with van der Waals surface area (Å²) in [7, 11) is 0. The number of carbonyl (C=O) groups excluding carboxylic acids is 1. The number of hydrogen-bond acceptors (Lipinski definition) is 3. The minimum Gasteiger partial charge on any atom is -0.396 e. The maximum atomic E-state index is 11.9. The molecule has 0 aromatic rings. The van der Waals surface area contributed by atoms with E-state index in [0.29, 0.717) is 18.9 Å². The second kappa shape index (κ2) is 9.32. The van der Waals surface area contributed by atoms with Gasteiger partial charge < -0.3 is 16.2 Å². The first-order valence-electron chi connectivity index (χ1n) is 7.81. The van der Waals surface area contributed by atoms with Crippen LogP contribution in [0.15, 0.2) is 0 Å². The van der Waals surface area contributed by atoms with Gasteiger partial charge in [-0.1, -0.05) is 26.2 Å². The Morgan fingerprint density at radius 2 is 2.16 bits per heavy atom. The van der Waals surface area contributed by atoms with Crippen LogP contribution in [0.3, 0.4) is 0 Å². The van der Waals surface area contributed by atoms with E-state index in [1.54, 1.807) is 0 Å². The van der Waals surface area contributed by atoms with Crippen LogP contribution < -0.4 is 11.1 Å². The summed E-state index contributed by atoms with van der Waals surface area (Å²) in [6.07, 6.45) is 8.03. The monoisotopic (exact) mass is 270 g/mol. The minimum atomic E-state index is 0.142. The van der Waals surface area contributed by atoms with E-state index in [0.717, 1.165) is 44.9 Å². The summed E-state index contributed by atoms with van der Waals surface area (Å²) in [6.45, 7) is 3.08. The molecule has 3 atom stereocenters. The highest BCUT2D eigenvalue weighted by Crippen LogP contribution is 2.25. The van der Waals surface area contributed by atoms with Gasteiger partial charge in [-0.2, -0.15) is 0 Å². The second-order valence-electron chi connectivity index (χ2n) is 5.82. The number of aliphatic hydroxyl groups is 1. The second-order valence-corrected chi connectivity index (χ2v) is 5.82. The van der Waals surface area contributed by atoms with Gasteiger partial charge in [-0.25, -0.2) is 0 Å². The highest BCUT2D eigenvalue weighted by atomic mass is 16.3. The smallest absolute Gasteiger partial charge is 0.220 e. The Morgan fingerprint density at radius 3 is 2.79 bits per heavy atom. The van der Waals surface area contributed by atoms with Crippen molar-refractivity contribution >= 4 is 5.91 Å². The van der Waals surface area contributed by atoms with Crippen molar-refractivity contribution in [3.8, 4) is 0 Å². The molecule has 0 aliphatic heterocycles. The Bertz CT molecular complexity index is 253. The number of nitrogens with one attached hydrogen (secondary N) is 1. The molecule has 0 radical (unpaired) electrons. The Kier molecular flexibility index (Phi) is 8.07. The fourth-order valence-electron chi connectivity index (χ4n) is 3.14. The highest BCUT2D eigenvalue weighted by Gasteiger charge is 2.27. The molecule has 0 aromatic carbocycles. The molecule has 1 aliphatic rings. The Hall–Kier alpha value is -0.610. The first kappa shape index (κ1) is 16.4. The van der Waals surface area contributed by atoms with Crippen molar-refractivity contribution in [2.45, 2.75) is 64.3 Å². The van der Waals surface area contributed by atoms with Gasteiger partial charge in [-0.15, -0.1) is 0 Å². The maximum absolute atomic E-state index is 11.9. The quantitative estimate of drug-likeness (QED) is 0.598. The highest BCUT2D eigenvalue weighted by molar-refractivity contribution is 5.76. The molecule has 4 nitrogen and oxygen atoms in total. The van der Waals surface area contributed by atoms with Crippen LogP contribution in [0.4, 0.5) is 0 Å². The molecule has 1 aliphatic carbocycles. The van der Waals surface area contributed by atoms with E-state index in [-0.39, 0.29) is 24.5 Å². The number of amides is 1. The van der Waals surface area contributed by atoms with Crippen LogP contribution in [0.25, 0.3) is 0 Å². The number of rotatable bonds is 9. The van der Waals surface area contributed by atoms with E-state index in [4.69, 9.17) is 5.73 Å². The zero-order valence-corrected chi connectivity index (χ0v) is 12.2. The van der Waals surface area contributed by atoms with Gasteiger partial charge in [0.1, 0.15) is 0 Å². The third-order valence-corrected chi connectivity index (χ3v) is 4.29. The lowest BCUT2D eigenvalue weighted by Gasteiger charge is -2.20. The van der Waals surface area contributed by atoms with Gasteiger partial charge in [0.25, 0.3) is 0 Å². The molecule has 0 bridgehead atoms. The average molecular weight is 270 g/mol. The molecule has 112 valence electrons. The molecule has 1 fully saturated rings. The summed E-state index contributed by atoms with van der Waals surface area (Å²) in [5, 5.41) is 12.3. The van der Waals surface area contributed by atoms with Gasteiger partial charge in [0.05, 0.1) is 0 Å². The first-order valence-corrected chi connectivity index (χ1v) is 7.81. The first-order chi connectivity index (χ1) is 9.21. The zero-order chi connectivity index (χ0) is 14.1. The van der Waals surface area contributed by atoms with Crippen molar-refractivity contribution in [2.75, 3.05) is 13.2 Å². The van der Waals surface area contributed by atoms with Crippen LogP contribution in [0, 0.1) is 11.8 Å². The molecular weight excluding hydrogens is 240 g/mol. The maximum Gasteiger partial charge on any atom is 0.220 e. The van der Waals surface area contributed by atoms with Crippen LogP contribution in [-0.2, 0) is 4.79 Å². The Balaban J connectivity index is 2.26. The van der Waals surface area contributed by atoms with Crippen LogP contribution >= 0.6 is 0 Å². The summed E-state index contributed by atoms with van der Waals surface area (Å²) in [4.78, 5) is 11.9. The molecule has 4 N–H and O–H groups in total. The van der Waals surface area contributed by atoms with E-state index < -0.39 is 0 Å². The molecule has 19 heavy (non-hydrogen) atoms. The topological polar surface area (TPSA) is 75.4 Å². The SMILES string of the molecule is CCCC(CCN)CCC(=O)NC1CCCC1CO. The van der Waals surface area contributed by atoms with Crippen molar-refractivity contribution in [3.05, 3.63) is 0 Å². The predicted octanol–water partition coefficient (Wildman–Crippen LogP) is 1.81. The van der Waals surface area contributed by atoms with Crippen molar-refractivity contribution < 1.29 is 9.90 Å². The summed E-state index contributed by atoms with van der Waals surface area (Å²) < 4.78 is 0. The average Bonchev–Trinajstić information content (AvgIpc) is 2.83. The lowest BCUT2D eigenvalue weighted by atomic mass is 9.94. The molecule has 3 unspecified atom stereocenters. The third kappa shape index (κ3) is 5.91. The molecule has 0 spiro atoms. The van der Waals surface area contributed by atoms with E-state index in [1.165, 1.54) is 0 Å². The number of nitrogens with two attached hydrogens (primary N) is 1. The summed E-state index contributed by atoms with van der Waals surface area (Å²) in [5.74, 6) is 0.987.